The average Bonchev–Trinajstić information content (AvgIpc) is 2.84. The van der Waals surface area contributed by atoms with Crippen molar-refractivity contribution in [3.05, 3.63) is 52.5 Å². The summed E-state index contributed by atoms with van der Waals surface area (Å²) in [4.78, 5) is 12.9. The molecule has 0 amide bonds. The zero-order valence-electron chi connectivity index (χ0n) is 11.5. The van der Waals surface area contributed by atoms with E-state index in [-0.39, 0.29) is 0 Å². The predicted molar refractivity (Wildman–Crippen MR) is 84.4 cm³/mol. The van der Waals surface area contributed by atoms with Gasteiger partial charge in [0.2, 0.25) is 0 Å². The minimum atomic E-state index is 0.318. The van der Waals surface area contributed by atoms with Gasteiger partial charge in [0, 0.05) is 19.4 Å². The molecule has 0 fully saturated rings. The molecule has 0 aliphatic carbocycles. The van der Waals surface area contributed by atoms with Gasteiger partial charge in [-0.15, -0.1) is 0 Å². The summed E-state index contributed by atoms with van der Waals surface area (Å²) >= 11 is 12.6. The molecule has 3 rings (SSSR count). The van der Waals surface area contributed by atoms with Crippen molar-refractivity contribution in [1.29, 1.82) is 0 Å². The van der Waals surface area contributed by atoms with Crippen LogP contribution in [0, 0.1) is 6.92 Å². The summed E-state index contributed by atoms with van der Waals surface area (Å²) in [6, 6.07) is 7.89. The van der Waals surface area contributed by atoms with E-state index in [2.05, 4.69) is 15.0 Å². The number of benzene rings is 1. The molecule has 0 saturated carbocycles. The largest absolute Gasteiger partial charge is 0.331 e. The summed E-state index contributed by atoms with van der Waals surface area (Å²) in [6.07, 6.45) is 3.49. The van der Waals surface area contributed by atoms with E-state index in [1.807, 2.05) is 49.0 Å². The minimum absolute atomic E-state index is 0.318. The Labute approximate surface area is 132 Å². The number of halogens is 2. The monoisotopic (exact) mass is 318 g/mol. The van der Waals surface area contributed by atoms with Crippen molar-refractivity contribution < 1.29 is 0 Å². The topological polar surface area (TPSA) is 43.6 Å². The summed E-state index contributed by atoms with van der Waals surface area (Å²) in [5.41, 5.74) is 2.66. The molecule has 6 heteroatoms. The van der Waals surface area contributed by atoms with Crippen LogP contribution < -0.4 is 0 Å². The zero-order valence-corrected chi connectivity index (χ0v) is 13.0. The summed E-state index contributed by atoms with van der Waals surface area (Å²) < 4.78 is 1.81. The van der Waals surface area contributed by atoms with Gasteiger partial charge >= 0.3 is 0 Å². The third-order valence-corrected chi connectivity index (χ3v) is 3.70. The van der Waals surface area contributed by atoms with Crippen molar-refractivity contribution in [3.8, 4) is 22.8 Å². The molecule has 0 bridgehead atoms. The molecule has 0 N–H and O–H groups in total. The quantitative estimate of drug-likeness (QED) is 0.666. The maximum absolute atomic E-state index is 6.32. The molecule has 0 atom stereocenters. The van der Waals surface area contributed by atoms with E-state index in [9.17, 15) is 0 Å². The molecule has 2 heterocycles. The van der Waals surface area contributed by atoms with Gasteiger partial charge < -0.3 is 4.57 Å². The lowest BCUT2D eigenvalue weighted by molar-refractivity contribution is 0.906. The maximum atomic E-state index is 6.32. The van der Waals surface area contributed by atoms with Crippen LogP contribution in [0.25, 0.3) is 22.8 Å². The number of nitrogens with zero attached hydrogens (tertiary/aromatic N) is 4. The summed E-state index contributed by atoms with van der Waals surface area (Å²) in [6.45, 7) is 2.01. The second kappa shape index (κ2) is 5.47. The highest BCUT2D eigenvalue weighted by Gasteiger charge is 2.16. The fourth-order valence-electron chi connectivity index (χ4n) is 2.13. The summed E-state index contributed by atoms with van der Waals surface area (Å²) in [5.74, 6) is 1.03. The first-order valence-corrected chi connectivity index (χ1v) is 7.09. The van der Waals surface area contributed by atoms with Crippen molar-refractivity contribution in [2.75, 3.05) is 0 Å². The molecule has 0 saturated heterocycles. The third kappa shape index (κ3) is 2.64. The summed E-state index contributed by atoms with van der Waals surface area (Å²) in [5, 5.41) is 0.636. The molecule has 3 aromatic rings. The molecular formula is C15H12Cl2N4. The molecule has 0 unspecified atom stereocenters. The molecule has 4 nitrogen and oxygen atoms in total. The second-order valence-electron chi connectivity index (χ2n) is 4.74. The second-order valence-corrected chi connectivity index (χ2v) is 5.45. The molecule has 106 valence electrons. The van der Waals surface area contributed by atoms with Crippen LogP contribution in [0.1, 0.15) is 5.56 Å². The van der Waals surface area contributed by atoms with Crippen LogP contribution >= 0.6 is 23.2 Å². The Hall–Kier alpha value is -1.91. The standard InChI is InChI=1S/C15H12Cl2N4/c1-9-4-3-5-10(8-9)11-12(16)19-14(20-13(11)17)15-18-6-7-21(15)2/h3-8H,1-2H3. The van der Waals surface area contributed by atoms with Crippen LogP contribution in [0.3, 0.4) is 0 Å². The Bertz CT molecular complexity index is 788. The van der Waals surface area contributed by atoms with Gasteiger partial charge in [-0.1, -0.05) is 53.0 Å². The van der Waals surface area contributed by atoms with Crippen molar-refractivity contribution in [3.63, 3.8) is 0 Å². The van der Waals surface area contributed by atoms with Crippen LogP contribution in [-0.4, -0.2) is 19.5 Å². The zero-order chi connectivity index (χ0) is 15.0. The Morgan fingerprint density at radius 2 is 1.81 bits per heavy atom. The third-order valence-electron chi connectivity index (χ3n) is 3.15. The minimum Gasteiger partial charge on any atom is -0.331 e. The van der Waals surface area contributed by atoms with E-state index in [1.54, 1.807) is 6.20 Å². The first-order chi connectivity index (χ1) is 10.1. The average molecular weight is 319 g/mol. The molecule has 0 aliphatic rings. The fraction of sp³-hybridized carbons (Fsp3) is 0.133. The lowest BCUT2D eigenvalue weighted by Crippen LogP contribution is -1.99. The van der Waals surface area contributed by atoms with Gasteiger partial charge in [0.1, 0.15) is 10.3 Å². The molecule has 2 aromatic heterocycles. The highest BCUT2D eigenvalue weighted by molar-refractivity contribution is 6.37. The van der Waals surface area contributed by atoms with Gasteiger partial charge in [0.25, 0.3) is 0 Å². The Morgan fingerprint density at radius 1 is 1.10 bits per heavy atom. The first-order valence-electron chi connectivity index (χ1n) is 6.34. The van der Waals surface area contributed by atoms with Crippen molar-refractivity contribution in [1.82, 2.24) is 19.5 Å². The number of hydrogen-bond acceptors (Lipinski definition) is 3. The van der Waals surface area contributed by atoms with Crippen LogP contribution in [0.15, 0.2) is 36.7 Å². The first kappa shape index (κ1) is 14.0. The molecule has 1 aromatic carbocycles. The smallest absolute Gasteiger partial charge is 0.198 e. The Kier molecular flexibility index (Phi) is 3.66. The normalized spacial score (nSPS) is 10.9. The van der Waals surface area contributed by atoms with Gasteiger partial charge in [-0.25, -0.2) is 15.0 Å². The summed E-state index contributed by atoms with van der Waals surface area (Å²) in [7, 11) is 1.86. The maximum Gasteiger partial charge on any atom is 0.198 e. The van der Waals surface area contributed by atoms with E-state index in [0.717, 1.165) is 11.1 Å². The molecule has 0 aliphatic heterocycles. The molecular weight excluding hydrogens is 307 g/mol. The predicted octanol–water partition coefficient (Wildman–Crippen LogP) is 4.16. The van der Waals surface area contributed by atoms with E-state index < -0.39 is 0 Å². The van der Waals surface area contributed by atoms with Crippen LogP contribution in [0.4, 0.5) is 0 Å². The highest BCUT2D eigenvalue weighted by Crippen LogP contribution is 2.34. The lowest BCUT2D eigenvalue weighted by atomic mass is 10.1. The van der Waals surface area contributed by atoms with Crippen LogP contribution in [0.5, 0.6) is 0 Å². The number of aromatic nitrogens is 4. The van der Waals surface area contributed by atoms with Gasteiger partial charge in [0.05, 0.1) is 5.56 Å². The molecule has 21 heavy (non-hydrogen) atoms. The van der Waals surface area contributed by atoms with Gasteiger partial charge in [0.15, 0.2) is 11.6 Å². The number of aryl methyl sites for hydroxylation is 2. The molecule has 0 radical (unpaired) electrons. The number of imidazole rings is 1. The van der Waals surface area contributed by atoms with E-state index in [1.165, 1.54) is 0 Å². The number of hydrogen-bond donors (Lipinski definition) is 0. The van der Waals surface area contributed by atoms with E-state index in [0.29, 0.717) is 27.5 Å². The Morgan fingerprint density at radius 3 is 2.38 bits per heavy atom. The lowest BCUT2D eigenvalue weighted by Gasteiger charge is -2.09. The fourth-order valence-corrected chi connectivity index (χ4v) is 2.73. The van der Waals surface area contributed by atoms with Crippen molar-refractivity contribution in [2.45, 2.75) is 6.92 Å². The van der Waals surface area contributed by atoms with Crippen molar-refractivity contribution in [2.24, 2.45) is 7.05 Å². The highest BCUT2D eigenvalue weighted by atomic mass is 35.5. The Balaban J connectivity index is 2.15. The van der Waals surface area contributed by atoms with Crippen molar-refractivity contribution >= 4 is 23.2 Å². The SMILES string of the molecule is Cc1cccc(-c2c(Cl)nc(-c3nccn3C)nc2Cl)c1. The van der Waals surface area contributed by atoms with Gasteiger partial charge in [-0.3, -0.25) is 0 Å². The van der Waals surface area contributed by atoms with E-state index in [4.69, 9.17) is 23.2 Å². The van der Waals surface area contributed by atoms with Crippen LogP contribution in [-0.2, 0) is 7.05 Å². The van der Waals surface area contributed by atoms with Crippen LogP contribution in [0.2, 0.25) is 10.3 Å². The number of rotatable bonds is 2. The molecule has 0 spiro atoms. The van der Waals surface area contributed by atoms with Gasteiger partial charge in [-0.05, 0) is 12.5 Å². The van der Waals surface area contributed by atoms with E-state index >= 15 is 0 Å². The van der Waals surface area contributed by atoms with Gasteiger partial charge in [-0.2, -0.15) is 0 Å².